The number of anilines is 1. The quantitative estimate of drug-likeness (QED) is 0.836. The fourth-order valence-electron chi connectivity index (χ4n) is 2.09. The summed E-state index contributed by atoms with van der Waals surface area (Å²) >= 11 is 3.11. The summed E-state index contributed by atoms with van der Waals surface area (Å²) in [5.74, 6) is 0.668. The van der Waals surface area contributed by atoms with Crippen LogP contribution in [0.1, 0.15) is 25.3 Å². The van der Waals surface area contributed by atoms with Gasteiger partial charge in [0.1, 0.15) is 0 Å². The van der Waals surface area contributed by atoms with Gasteiger partial charge in [0, 0.05) is 16.2 Å². The molecule has 0 amide bonds. The second-order valence-electron chi connectivity index (χ2n) is 4.64. The average Bonchev–Trinajstić information content (AvgIpc) is 2.13. The molecule has 0 bridgehead atoms. The van der Waals surface area contributed by atoms with Crippen LogP contribution in [0.5, 0.6) is 0 Å². The molecule has 1 aliphatic rings. The summed E-state index contributed by atoms with van der Waals surface area (Å²) in [5.41, 5.74) is -0.0923. The standard InChI is InChI=1S/C12H13BrF3N/c1-7-2-10(3-7)17-11-5-8(12(14,15)16)4-9(13)6-11/h4-7,10,17H,2-3H2,1H3. The van der Waals surface area contributed by atoms with Gasteiger partial charge in [0.25, 0.3) is 0 Å². The smallest absolute Gasteiger partial charge is 0.382 e. The fourth-order valence-corrected chi connectivity index (χ4v) is 2.59. The fraction of sp³-hybridized carbons (Fsp3) is 0.500. The van der Waals surface area contributed by atoms with E-state index in [1.165, 1.54) is 0 Å². The largest absolute Gasteiger partial charge is 0.416 e. The van der Waals surface area contributed by atoms with E-state index in [9.17, 15) is 13.2 Å². The van der Waals surface area contributed by atoms with Gasteiger partial charge in [-0.3, -0.25) is 0 Å². The summed E-state index contributed by atoms with van der Waals surface area (Å²) in [4.78, 5) is 0. The number of benzene rings is 1. The molecule has 0 atom stereocenters. The summed E-state index contributed by atoms with van der Waals surface area (Å²) in [7, 11) is 0. The van der Waals surface area contributed by atoms with Gasteiger partial charge in [0.2, 0.25) is 0 Å². The molecule has 5 heteroatoms. The number of hydrogen-bond donors (Lipinski definition) is 1. The molecule has 0 saturated heterocycles. The van der Waals surface area contributed by atoms with Gasteiger partial charge < -0.3 is 5.32 Å². The lowest BCUT2D eigenvalue weighted by atomic mass is 9.82. The monoisotopic (exact) mass is 307 g/mol. The molecule has 0 radical (unpaired) electrons. The minimum atomic E-state index is -4.30. The van der Waals surface area contributed by atoms with Gasteiger partial charge >= 0.3 is 6.18 Å². The highest BCUT2D eigenvalue weighted by molar-refractivity contribution is 9.10. The topological polar surface area (TPSA) is 12.0 Å². The Balaban J connectivity index is 2.14. The van der Waals surface area contributed by atoms with Crippen molar-refractivity contribution in [2.45, 2.75) is 32.0 Å². The van der Waals surface area contributed by atoms with E-state index in [0.29, 0.717) is 22.1 Å². The van der Waals surface area contributed by atoms with Gasteiger partial charge in [0.15, 0.2) is 0 Å². The van der Waals surface area contributed by atoms with Crippen LogP contribution in [0.4, 0.5) is 18.9 Å². The first-order chi connectivity index (χ1) is 7.84. The predicted octanol–water partition coefficient (Wildman–Crippen LogP) is 4.68. The molecular formula is C12H13BrF3N. The molecule has 1 aromatic carbocycles. The van der Waals surface area contributed by atoms with Gasteiger partial charge in [-0.25, -0.2) is 0 Å². The Morgan fingerprint density at radius 1 is 1.24 bits per heavy atom. The summed E-state index contributed by atoms with van der Waals surface area (Å²) in [6, 6.07) is 4.24. The minimum Gasteiger partial charge on any atom is -0.382 e. The van der Waals surface area contributed by atoms with Crippen LogP contribution in [0.15, 0.2) is 22.7 Å². The maximum Gasteiger partial charge on any atom is 0.416 e. The van der Waals surface area contributed by atoms with E-state index in [1.54, 1.807) is 6.07 Å². The summed E-state index contributed by atoms with van der Waals surface area (Å²) in [6.07, 6.45) is -2.26. The summed E-state index contributed by atoms with van der Waals surface area (Å²) < 4.78 is 38.2. The molecule has 0 aliphatic heterocycles. The van der Waals surface area contributed by atoms with Crippen LogP contribution < -0.4 is 5.32 Å². The maximum absolute atomic E-state index is 12.6. The van der Waals surface area contributed by atoms with Crippen molar-refractivity contribution in [1.29, 1.82) is 0 Å². The average molecular weight is 308 g/mol. The Morgan fingerprint density at radius 2 is 1.88 bits per heavy atom. The molecule has 1 fully saturated rings. The molecule has 0 unspecified atom stereocenters. The van der Waals surface area contributed by atoms with Crippen molar-refractivity contribution in [3.05, 3.63) is 28.2 Å². The van der Waals surface area contributed by atoms with Crippen molar-refractivity contribution < 1.29 is 13.2 Å². The second kappa shape index (κ2) is 4.52. The van der Waals surface area contributed by atoms with Crippen LogP contribution in [0.2, 0.25) is 0 Å². The molecule has 94 valence electrons. The number of halogens is 4. The number of alkyl halides is 3. The molecule has 2 rings (SSSR count). The Hall–Kier alpha value is -0.710. The van der Waals surface area contributed by atoms with E-state index in [4.69, 9.17) is 0 Å². The lowest BCUT2D eigenvalue weighted by Gasteiger charge is -2.34. The van der Waals surface area contributed by atoms with Crippen molar-refractivity contribution in [3.63, 3.8) is 0 Å². The second-order valence-corrected chi connectivity index (χ2v) is 5.56. The van der Waals surface area contributed by atoms with E-state index in [1.807, 2.05) is 0 Å². The first-order valence-corrected chi connectivity index (χ1v) is 6.28. The van der Waals surface area contributed by atoms with Gasteiger partial charge in [-0.2, -0.15) is 13.2 Å². The van der Waals surface area contributed by atoms with Crippen molar-refractivity contribution in [2.75, 3.05) is 5.32 Å². The van der Waals surface area contributed by atoms with E-state index in [-0.39, 0.29) is 0 Å². The first-order valence-electron chi connectivity index (χ1n) is 5.49. The van der Waals surface area contributed by atoms with E-state index < -0.39 is 11.7 Å². The molecule has 1 aliphatic carbocycles. The zero-order valence-electron chi connectivity index (χ0n) is 9.31. The molecule has 0 aromatic heterocycles. The van der Waals surface area contributed by atoms with Crippen LogP contribution >= 0.6 is 15.9 Å². The van der Waals surface area contributed by atoms with Crippen LogP contribution in [-0.4, -0.2) is 6.04 Å². The molecule has 0 spiro atoms. The first kappa shape index (κ1) is 12.7. The van der Waals surface area contributed by atoms with Crippen molar-refractivity contribution in [1.82, 2.24) is 0 Å². The molecule has 17 heavy (non-hydrogen) atoms. The van der Waals surface area contributed by atoms with E-state index in [2.05, 4.69) is 28.2 Å². The van der Waals surface area contributed by atoms with Crippen LogP contribution in [0, 0.1) is 5.92 Å². The minimum absolute atomic E-state index is 0.306. The van der Waals surface area contributed by atoms with E-state index in [0.717, 1.165) is 25.0 Å². The van der Waals surface area contributed by atoms with Gasteiger partial charge in [-0.15, -0.1) is 0 Å². The van der Waals surface area contributed by atoms with E-state index >= 15 is 0 Å². The highest BCUT2D eigenvalue weighted by atomic mass is 79.9. The molecular weight excluding hydrogens is 295 g/mol. The number of rotatable bonds is 2. The molecule has 1 aromatic rings. The predicted molar refractivity (Wildman–Crippen MR) is 65.0 cm³/mol. The van der Waals surface area contributed by atoms with Gasteiger partial charge in [-0.1, -0.05) is 22.9 Å². The van der Waals surface area contributed by atoms with Gasteiger partial charge in [0.05, 0.1) is 5.56 Å². The Morgan fingerprint density at radius 3 is 2.41 bits per heavy atom. The highest BCUT2D eigenvalue weighted by Crippen LogP contribution is 2.35. The molecule has 1 saturated carbocycles. The van der Waals surface area contributed by atoms with Crippen LogP contribution in [0.25, 0.3) is 0 Å². The van der Waals surface area contributed by atoms with Gasteiger partial charge in [-0.05, 0) is 37.0 Å². The highest BCUT2D eigenvalue weighted by Gasteiger charge is 2.32. The van der Waals surface area contributed by atoms with Crippen LogP contribution in [-0.2, 0) is 6.18 Å². The third-order valence-corrected chi connectivity index (χ3v) is 3.43. The van der Waals surface area contributed by atoms with Crippen molar-refractivity contribution in [3.8, 4) is 0 Å². The number of hydrogen-bond acceptors (Lipinski definition) is 1. The Kier molecular flexibility index (Phi) is 3.39. The van der Waals surface area contributed by atoms with Crippen LogP contribution in [0.3, 0.4) is 0 Å². The molecule has 1 N–H and O–H groups in total. The zero-order valence-corrected chi connectivity index (χ0v) is 10.9. The lowest BCUT2D eigenvalue weighted by molar-refractivity contribution is -0.137. The SMILES string of the molecule is CC1CC(Nc2cc(Br)cc(C(F)(F)F)c2)C1. The number of nitrogens with one attached hydrogen (secondary N) is 1. The summed E-state index contributed by atoms with van der Waals surface area (Å²) in [6.45, 7) is 2.14. The Labute approximate surface area is 107 Å². The van der Waals surface area contributed by atoms with Crippen molar-refractivity contribution >= 4 is 21.6 Å². The Bertz CT molecular complexity index is 411. The lowest BCUT2D eigenvalue weighted by Crippen LogP contribution is -2.33. The van der Waals surface area contributed by atoms with Crippen molar-refractivity contribution in [2.24, 2.45) is 5.92 Å². The molecule has 0 heterocycles. The maximum atomic E-state index is 12.6. The summed E-state index contributed by atoms with van der Waals surface area (Å²) in [5, 5.41) is 3.13. The molecule has 1 nitrogen and oxygen atoms in total. The normalized spacial score (nSPS) is 24.3. The zero-order chi connectivity index (χ0) is 12.6. The third kappa shape index (κ3) is 3.15. The third-order valence-electron chi connectivity index (χ3n) is 2.97.